The van der Waals surface area contributed by atoms with E-state index in [2.05, 4.69) is 16.0 Å². The molecule has 0 aromatic heterocycles. The van der Waals surface area contributed by atoms with Gasteiger partial charge in [-0.05, 0) is 38.3 Å². The number of hydrogen-bond donors (Lipinski definition) is 5. The molecule has 2 atom stereocenters. The van der Waals surface area contributed by atoms with Crippen molar-refractivity contribution in [1.82, 2.24) is 21.4 Å². The fourth-order valence-electron chi connectivity index (χ4n) is 3.48. The zero-order chi connectivity index (χ0) is 27.3. The Morgan fingerprint density at radius 2 is 1.32 bits per heavy atom. The van der Waals surface area contributed by atoms with Gasteiger partial charge in [-0.3, -0.25) is 19.6 Å². The van der Waals surface area contributed by atoms with Crippen LogP contribution in [-0.4, -0.2) is 53.3 Å². The molecule has 0 radical (unpaired) electrons. The largest absolute Gasteiger partial charge is 0.444 e. The van der Waals surface area contributed by atoms with Crippen molar-refractivity contribution in [2.45, 2.75) is 64.1 Å². The zero-order valence-electron chi connectivity index (χ0n) is 21.5. The summed E-state index contributed by atoms with van der Waals surface area (Å²) in [4.78, 5) is 50.1. The molecule has 0 unspecified atom stereocenters. The van der Waals surface area contributed by atoms with E-state index in [1.165, 1.54) is 0 Å². The Hall–Kier alpha value is -3.92. The summed E-state index contributed by atoms with van der Waals surface area (Å²) in [6.07, 6.45) is 0.0173. The third-order valence-corrected chi connectivity index (χ3v) is 5.21. The maximum atomic E-state index is 13.4. The van der Waals surface area contributed by atoms with Gasteiger partial charge in [-0.25, -0.2) is 10.3 Å². The van der Waals surface area contributed by atoms with Crippen LogP contribution in [0.3, 0.4) is 0 Å². The lowest BCUT2D eigenvalue weighted by atomic mass is 10.0. The Kier molecular flexibility index (Phi) is 11.6. The van der Waals surface area contributed by atoms with Crippen molar-refractivity contribution in [3.8, 4) is 0 Å². The maximum Gasteiger partial charge on any atom is 0.408 e. The van der Waals surface area contributed by atoms with Crippen molar-refractivity contribution in [2.24, 2.45) is 0 Å². The van der Waals surface area contributed by atoms with Crippen molar-refractivity contribution >= 4 is 23.8 Å². The van der Waals surface area contributed by atoms with Gasteiger partial charge in [0.15, 0.2) is 0 Å². The van der Waals surface area contributed by atoms with Crippen LogP contribution in [0.5, 0.6) is 0 Å². The van der Waals surface area contributed by atoms with Gasteiger partial charge in [-0.1, -0.05) is 60.7 Å². The third kappa shape index (κ3) is 11.6. The van der Waals surface area contributed by atoms with Crippen molar-refractivity contribution < 1.29 is 29.1 Å². The van der Waals surface area contributed by atoms with Crippen LogP contribution in [-0.2, 0) is 32.0 Å². The topological polar surface area (TPSA) is 146 Å². The van der Waals surface area contributed by atoms with E-state index in [1.54, 1.807) is 26.3 Å². The molecular weight excluding hydrogens is 476 g/mol. The molecule has 0 saturated heterocycles. The first-order chi connectivity index (χ1) is 17.6. The number of carbonyl (C=O) groups excluding carboxylic acids is 4. The summed E-state index contributed by atoms with van der Waals surface area (Å²) in [5.74, 6) is -1.52. The van der Waals surface area contributed by atoms with Crippen LogP contribution >= 0.6 is 0 Å². The number of alkyl carbamates (subject to hydrolysis) is 1. The van der Waals surface area contributed by atoms with Crippen molar-refractivity contribution in [1.29, 1.82) is 0 Å². The second-order valence-electron chi connectivity index (χ2n) is 9.57. The van der Waals surface area contributed by atoms with Crippen LogP contribution in [0.15, 0.2) is 60.7 Å². The molecule has 0 aliphatic carbocycles. The van der Waals surface area contributed by atoms with Gasteiger partial charge in [0.05, 0.1) is 0 Å². The number of hydrogen-bond acceptors (Lipinski definition) is 6. The van der Waals surface area contributed by atoms with Crippen LogP contribution in [0.1, 0.15) is 44.7 Å². The first-order valence-corrected chi connectivity index (χ1v) is 12.2. The van der Waals surface area contributed by atoms with E-state index < -0.39 is 41.5 Å². The summed E-state index contributed by atoms with van der Waals surface area (Å²) in [7, 11) is 0. The molecule has 0 bridgehead atoms. The standard InChI is InChI=1S/C27H36N4O6/c1-27(2,3)37-26(35)30-22(18-20-13-8-5-9-14-20)25(34)29-21(17-19-11-6-4-7-12-19)24(33)28-16-10-15-23(32)31-36/h4-9,11-14,21-22,36H,10,15-18H2,1-3H3,(H,28,33)(H,29,34)(H,30,35)(H,31,32)/t21-,22-/m0/s1. The molecule has 0 spiro atoms. The van der Waals surface area contributed by atoms with Gasteiger partial charge in [-0.15, -0.1) is 0 Å². The lowest BCUT2D eigenvalue weighted by Gasteiger charge is -2.25. The SMILES string of the molecule is CC(C)(C)OC(=O)N[C@@H](Cc1ccccc1)C(=O)N[C@@H](Cc1ccccc1)C(=O)NCCCC(=O)NO. The van der Waals surface area contributed by atoms with E-state index >= 15 is 0 Å². The minimum atomic E-state index is -0.989. The minimum Gasteiger partial charge on any atom is -0.444 e. The van der Waals surface area contributed by atoms with Gasteiger partial charge in [0.2, 0.25) is 17.7 Å². The van der Waals surface area contributed by atoms with Crippen LogP contribution in [0.4, 0.5) is 4.79 Å². The van der Waals surface area contributed by atoms with E-state index in [1.807, 2.05) is 60.7 Å². The number of ether oxygens (including phenoxy) is 1. The van der Waals surface area contributed by atoms with E-state index in [0.717, 1.165) is 11.1 Å². The number of amides is 4. The van der Waals surface area contributed by atoms with Crippen LogP contribution in [0, 0.1) is 0 Å². The van der Waals surface area contributed by atoms with Crippen molar-refractivity contribution in [3.05, 3.63) is 71.8 Å². The molecule has 5 N–H and O–H groups in total. The zero-order valence-corrected chi connectivity index (χ0v) is 21.5. The van der Waals surface area contributed by atoms with Gasteiger partial charge in [0, 0.05) is 25.8 Å². The van der Waals surface area contributed by atoms with Gasteiger partial charge < -0.3 is 20.7 Å². The fraction of sp³-hybridized carbons (Fsp3) is 0.407. The molecular formula is C27H36N4O6. The number of rotatable bonds is 12. The second-order valence-corrected chi connectivity index (χ2v) is 9.57. The molecule has 0 aliphatic heterocycles. The molecule has 2 rings (SSSR count). The van der Waals surface area contributed by atoms with Crippen LogP contribution in [0.25, 0.3) is 0 Å². The highest BCUT2D eigenvalue weighted by Gasteiger charge is 2.29. The molecule has 0 saturated carbocycles. The maximum absolute atomic E-state index is 13.4. The molecule has 2 aromatic rings. The Bertz CT molecular complexity index is 1020. The van der Waals surface area contributed by atoms with Gasteiger partial charge in [0.1, 0.15) is 17.7 Å². The van der Waals surface area contributed by atoms with Gasteiger partial charge >= 0.3 is 6.09 Å². The van der Waals surface area contributed by atoms with Crippen LogP contribution < -0.4 is 21.4 Å². The van der Waals surface area contributed by atoms with E-state index in [9.17, 15) is 19.2 Å². The smallest absolute Gasteiger partial charge is 0.408 e. The normalized spacial score (nSPS) is 12.5. The van der Waals surface area contributed by atoms with Gasteiger partial charge in [0.25, 0.3) is 0 Å². The fourth-order valence-corrected chi connectivity index (χ4v) is 3.48. The summed E-state index contributed by atoms with van der Waals surface area (Å²) in [5.41, 5.74) is 2.45. The third-order valence-electron chi connectivity index (χ3n) is 5.21. The number of benzene rings is 2. The average Bonchev–Trinajstić information content (AvgIpc) is 2.85. The quantitative estimate of drug-likeness (QED) is 0.168. The molecule has 4 amide bonds. The summed E-state index contributed by atoms with van der Waals surface area (Å²) in [5, 5.41) is 16.7. The lowest BCUT2D eigenvalue weighted by Crippen LogP contribution is -2.55. The number of carbonyl (C=O) groups is 4. The monoisotopic (exact) mass is 512 g/mol. The predicted molar refractivity (Wildman–Crippen MR) is 138 cm³/mol. The first-order valence-electron chi connectivity index (χ1n) is 12.2. The first kappa shape index (κ1) is 29.3. The average molecular weight is 513 g/mol. The molecule has 0 aliphatic rings. The Morgan fingerprint density at radius 1 is 0.811 bits per heavy atom. The predicted octanol–water partition coefficient (Wildman–Crippen LogP) is 2.25. The molecule has 0 heterocycles. The van der Waals surface area contributed by atoms with Crippen LogP contribution in [0.2, 0.25) is 0 Å². The highest BCUT2D eigenvalue weighted by atomic mass is 16.6. The minimum absolute atomic E-state index is 0.0332. The highest BCUT2D eigenvalue weighted by molar-refractivity contribution is 5.91. The molecule has 10 nitrogen and oxygen atoms in total. The van der Waals surface area contributed by atoms with E-state index in [-0.39, 0.29) is 25.8 Å². The number of nitrogens with one attached hydrogen (secondary N) is 4. The molecule has 200 valence electrons. The summed E-state index contributed by atoms with van der Waals surface area (Å²) >= 11 is 0. The summed E-state index contributed by atoms with van der Waals surface area (Å²) in [6, 6.07) is 16.5. The Labute approximate surface area is 217 Å². The second kappa shape index (κ2) is 14.6. The van der Waals surface area contributed by atoms with E-state index in [0.29, 0.717) is 6.42 Å². The Balaban J connectivity index is 2.16. The Morgan fingerprint density at radius 3 is 1.81 bits per heavy atom. The lowest BCUT2D eigenvalue weighted by molar-refractivity contribution is -0.130. The molecule has 0 fully saturated rings. The van der Waals surface area contributed by atoms with E-state index in [4.69, 9.17) is 9.94 Å². The molecule has 2 aromatic carbocycles. The summed E-state index contributed by atoms with van der Waals surface area (Å²) in [6.45, 7) is 5.35. The number of hydroxylamine groups is 1. The van der Waals surface area contributed by atoms with Gasteiger partial charge in [-0.2, -0.15) is 0 Å². The highest BCUT2D eigenvalue weighted by Crippen LogP contribution is 2.10. The summed E-state index contributed by atoms with van der Waals surface area (Å²) < 4.78 is 5.34. The molecule has 37 heavy (non-hydrogen) atoms. The van der Waals surface area contributed by atoms with Crippen molar-refractivity contribution in [3.63, 3.8) is 0 Å². The van der Waals surface area contributed by atoms with Crippen molar-refractivity contribution in [2.75, 3.05) is 6.54 Å². The molecule has 10 heteroatoms.